The van der Waals surface area contributed by atoms with Crippen molar-refractivity contribution in [2.75, 3.05) is 36.5 Å². The van der Waals surface area contributed by atoms with Gasteiger partial charge in [0.1, 0.15) is 18.0 Å². The zero-order chi connectivity index (χ0) is 18.4. The maximum Gasteiger partial charge on any atom is 0.134 e. The van der Waals surface area contributed by atoms with Crippen LogP contribution in [0.2, 0.25) is 0 Å². The van der Waals surface area contributed by atoms with Gasteiger partial charge < -0.3 is 19.7 Å². The minimum atomic E-state index is -0.134. The Balaban J connectivity index is 1.58. The highest BCUT2D eigenvalue weighted by atomic mass is 16.5. The van der Waals surface area contributed by atoms with Crippen molar-refractivity contribution in [1.82, 2.24) is 9.97 Å². The first-order chi connectivity index (χ1) is 12.5. The second-order valence-corrected chi connectivity index (χ2v) is 7.44. The molecule has 0 atom stereocenters. The molecule has 26 heavy (non-hydrogen) atoms. The van der Waals surface area contributed by atoms with Gasteiger partial charge in [-0.2, -0.15) is 0 Å². The van der Waals surface area contributed by atoms with Crippen LogP contribution in [0, 0.1) is 0 Å². The van der Waals surface area contributed by atoms with E-state index in [9.17, 15) is 0 Å². The number of rotatable bonds is 6. The van der Waals surface area contributed by atoms with Crippen LogP contribution in [0.1, 0.15) is 31.9 Å². The van der Waals surface area contributed by atoms with Crippen molar-refractivity contribution < 1.29 is 9.47 Å². The Labute approximate surface area is 155 Å². The lowest BCUT2D eigenvalue weighted by Gasteiger charge is -2.27. The Morgan fingerprint density at radius 3 is 2.65 bits per heavy atom. The first-order valence-corrected chi connectivity index (χ1v) is 9.10. The number of morpholine rings is 1. The van der Waals surface area contributed by atoms with Crippen LogP contribution in [0.5, 0.6) is 0 Å². The fraction of sp³-hybridized carbons (Fsp3) is 0.500. The summed E-state index contributed by atoms with van der Waals surface area (Å²) in [5, 5.41) is 3.39. The van der Waals surface area contributed by atoms with Gasteiger partial charge in [-0.1, -0.05) is 24.3 Å². The van der Waals surface area contributed by atoms with E-state index in [1.807, 2.05) is 6.07 Å². The maximum atomic E-state index is 5.86. The molecule has 0 unspecified atom stereocenters. The summed E-state index contributed by atoms with van der Waals surface area (Å²) < 4.78 is 11.3. The van der Waals surface area contributed by atoms with Crippen LogP contribution in [0.3, 0.4) is 0 Å². The molecule has 1 fully saturated rings. The molecule has 6 heteroatoms. The summed E-state index contributed by atoms with van der Waals surface area (Å²) in [6, 6.07) is 10.4. The molecule has 1 aromatic carbocycles. The Morgan fingerprint density at radius 1 is 1.12 bits per heavy atom. The zero-order valence-electron chi connectivity index (χ0n) is 15.9. The quantitative estimate of drug-likeness (QED) is 0.857. The number of hydrogen-bond donors (Lipinski definition) is 1. The van der Waals surface area contributed by atoms with Gasteiger partial charge in [-0.3, -0.25) is 0 Å². The van der Waals surface area contributed by atoms with E-state index in [2.05, 4.69) is 65.2 Å². The molecule has 1 aliphatic rings. The molecule has 6 nitrogen and oxygen atoms in total. The van der Waals surface area contributed by atoms with Crippen molar-refractivity contribution >= 4 is 11.6 Å². The van der Waals surface area contributed by atoms with E-state index in [0.29, 0.717) is 13.2 Å². The third-order valence-corrected chi connectivity index (χ3v) is 4.12. The molecule has 3 rings (SSSR count). The minimum Gasteiger partial charge on any atom is -0.378 e. The standard InChI is InChI=1S/C20H28N4O2/c1-20(2,3)26-14-17-6-4-5-16(11-17)13-21-18-12-19(23-15-22-18)24-7-9-25-10-8-24/h4-6,11-12,15H,7-10,13-14H2,1-3H3,(H,21,22,23). The number of nitrogens with zero attached hydrogens (tertiary/aromatic N) is 3. The molecule has 0 radical (unpaired) electrons. The lowest BCUT2D eigenvalue weighted by atomic mass is 10.1. The Kier molecular flexibility index (Phi) is 6.06. The van der Waals surface area contributed by atoms with Crippen molar-refractivity contribution in [1.29, 1.82) is 0 Å². The molecule has 1 saturated heterocycles. The molecule has 1 aliphatic heterocycles. The van der Waals surface area contributed by atoms with Crippen molar-refractivity contribution in [3.05, 3.63) is 47.8 Å². The smallest absolute Gasteiger partial charge is 0.134 e. The zero-order valence-corrected chi connectivity index (χ0v) is 15.9. The van der Waals surface area contributed by atoms with E-state index >= 15 is 0 Å². The molecule has 140 valence electrons. The van der Waals surface area contributed by atoms with E-state index in [0.717, 1.165) is 37.9 Å². The van der Waals surface area contributed by atoms with Crippen LogP contribution in [0.15, 0.2) is 36.7 Å². The summed E-state index contributed by atoms with van der Waals surface area (Å²) >= 11 is 0. The minimum absolute atomic E-state index is 0.134. The first kappa shape index (κ1) is 18.6. The van der Waals surface area contributed by atoms with Crippen LogP contribution in [0.25, 0.3) is 0 Å². The van der Waals surface area contributed by atoms with Crippen molar-refractivity contribution in [2.45, 2.75) is 39.5 Å². The number of nitrogens with one attached hydrogen (secondary N) is 1. The molecule has 0 saturated carbocycles. The highest BCUT2D eigenvalue weighted by Crippen LogP contribution is 2.17. The molecular weight excluding hydrogens is 328 g/mol. The van der Waals surface area contributed by atoms with Crippen molar-refractivity contribution in [3.8, 4) is 0 Å². The first-order valence-electron chi connectivity index (χ1n) is 9.10. The lowest BCUT2D eigenvalue weighted by Crippen LogP contribution is -2.36. The molecule has 0 amide bonds. The topological polar surface area (TPSA) is 59.5 Å². The van der Waals surface area contributed by atoms with Gasteiger partial charge in [0.2, 0.25) is 0 Å². The van der Waals surface area contributed by atoms with Crippen LogP contribution in [-0.2, 0) is 22.6 Å². The number of hydrogen-bond acceptors (Lipinski definition) is 6. The second-order valence-electron chi connectivity index (χ2n) is 7.44. The average Bonchev–Trinajstić information content (AvgIpc) is 2.66. The highest BCUT2D eigenvalue weighted by molar-refractivity contribution is 5.49. The van der Waals surface area contributed by atoms with Gasteiger partial charge >= 0.3 is 0 Å². The van der Waals surface area contributed by atoms with Crippen LogP contribution >= 0.6 is 0 Å². The molecular formula is C20H28N4O2. The van der Waals surface area contributed by atoms with E-state index in [1.54, 1.807) is 6.33 Å². The van der Waals surface area contributed by atoms with Gasteiger partial charge in [-0.05, 0) is 31.9 Å². The molecule has 0 bridgehead atoms. The molecule has 1 aromatic heterocycles. The maximum absolute atomic E-state index is 5.86. The summed E-state index contributed by atoms with van der Waals surface area (Å²) in [6.07, 6.45) is 1.61. The average molecular weight is 356 g/mol. The Bertz CT molecular complexity index is 709. The van der Waals surface area contributed by atoms with E-state index < -0.39 is 0 Å². The Morgan fingerprint density at radius 2 is 1.88 bits per heavy atom. The lowest BCUT2D eigenvalue weighted by molar-refractivity contribution is -0.0149. The monoisotopic (exact) mass is 356 g/mol. The molecule has 0 aliphatic carbocycles. The van der Waals surface area contributed by atoms with Gasteiger partial charge in [-0.25, -0.2) is 9.97 Å². The summed E-state index contributed by atoms with van der Waals surface area (Å²) in [5.41, 5.74) is 2.24. The molecule has 1 N–H and O–H groups in total. The van der Waals surface area contributed by atoms with Gasteiger partial charge in [0.05, 0.1) is 25.4 Å². The summed E-state index contributed by atoms with van der Waals surface area (Å²) in [7, 11) is 0. The fourth-order valence-electron chi connectivity index (χ4n) is 2.73. The fourth-order valence-corrected chi connectivity index (χ4v) is 2.73. The number of aromatic nitrogens is 2. The molecule has 2 aromatic rings. The van der Waals surface area contributed by atoms with Gasteiger partial charge in [-0.15, -0.1) is 0 Å². The highest BCUT2D eigenvalue weighted by Gasteiger charge is 2.13. The van der Waals surface area contributed by atoms with Crippen molar-refractivity contribution in [2.24, 2.45) is 0 Å². The number of anilines is 2. The molecule has 0 spiro atoms. The van der Waals surface area contributed by atoms with Gasteiger partial charge in [0.25, 0.3) is 0 Å². The van der Waals surface area contributed by atoms with Crippen LogP contribution in [-0.4, -0.2) is 41.9 Å². The SMILES string of the molecule is CC(C)(C)OCc1cccc(CNc2cc(N3CCOCC3)ncn2)c1. The number of ether oxygens (including phenoxy) is 2. The molecule has 2 heterocycles. The summed E-state index contributed by atoms with van der Waals surface area (Å²) in [4.78, 5) is 10.9. The largest absolute Gasteiger partial charge is 0.378 e. The normalized spacial score (nSPS) is 15.1. The van der Waals surface area contributed by atoms with Gasteiger partial charge in [0.15, 0.2) is 0 Å². The van der Waals surface area contributed by atoms with Crippen molar-refractivity contribution in [3.63, 3.8) is 0 Å². The summed E-state index contributed by atoms with van der Waals surface area (Å²) in [6.45, 7) is 10.8. The van der Waals surface area contributed by atoms with E-state index in [-0.39, 0.29) is 5.60 Å². The predicted molar refractivity (Wildman–Crippen MR) is 103 cm³/mol. The third-order valence-electron chi connectivity index (χ3n) is 4.12. The van der Waals surface area contributed by atoms with Crippen LogP contribution in [0.4, 0.5) is 11.6 Å². The summed E-state index contributed by atoms with van der Waals surface area (Å²) in [5.74, 6) is 1.77. The van der Waals surface area contributed by atoms with Crippen LogP contribution < -0.4 is 10.2 Å². The van der Waals surface area contributed by atoms with E-state index in [1.165, 1.54) is 11.1 Å². The number of benzene rings is 1. The van der Waals surface area contributed by atoms with Gasteiger partial charge in [0, 0.05) is 25.7 Å². The van der Waals surface area contributed by atoms with E-state index in [4.69, 9.17) is 9.47 Å². The third kappa shape index (κ3) is 5.68. The second kappa shape index (κ2) is 8.47. The predicted octanol–water partition coefficient (Wildman–Crippen LogP) is 3.24. The Hall–Kier alpha value is -2.18.